The topological polar surface area (TPSA) is 121 Å². The minimum absolute atomic E-state index is 0.0253. The largest absolute Gasteiger partial charge is 0.355 e. The van der Waals surface area contributed by atoms with Crippen LogP contribution in [0.5, 0.6) is 0 Å². The maximum Gasteiger partial charge on any atom is 0.261 e. The number of ketones is 1. The van der Waals surface area contributed by atoms with Crippen molar-refractivity contribution in [3.63, 3.8) is 0 Å². The molecule has 0 bridgehead atoms. The van der Waals surface area contributed by atoms with Gasteiger partial charge in [-0.1, -0.05) is 12.1 Å². The van der Waals surface area contributed by atoms with Crippen LogP contribution in [0.2, 0.25) is 0 Å². The molecule has 2 aromatic carbocycles. The van der Waals surface area contributed by atoms with E-state index < -0.39 is 10.0 Å². The van der Waals surface area contributed by atoms with Gasteiger partial charge in [0.05, 0.1) is 4.90 Å². The summed E-state index contributed by atoms with van der Waals surface area (Å²) in [5.41, 5.74) is 1.08. The predicted octanol–water partition coefficient (Wildman–Crippen LogP) is 1.56. The first-order chi connectivity index (χ1) is 13.2. The fraction of sp³-hybridized carbons (Fsp3) is 0.211. The molecule has 0 aliphatic heterocycles. The highest BCUT2D eigenvalue weighted by molar-refractivity contribution is 7.92. The summed E-state index contributed by atoms with van der Waals surface area (Å²) in [6.45, 7) is 3.39. The van der Waals surface area contributed by atoms with Gasteiger partial charge in [-0.2, -0.15) is 0 Å². The van der Waals surface area contributed by atoms with E-state index in [-0.39, 0.29) is 29.0 Å². The third kappa shape index (κ3) is 5.92. The number of rotatable bonds is 8. The number of carbonyl (C=O) groups excluding carboxylic acids is 3. The Morgan fingerprint density at radius 3 is 1.86 bits per heavy atom. The fourth-order valence-electron chi connectivity index (χ4n) is 2.29. The molecule has 0 spiro atoms. The quantitative estimate of drug-likeness (QED) is 0.456. The summed E-state index contributed by atoms with van der Waals surface area (Å²) in [7, 11) is -3.82. The average molecular weight is 403 g/mol. The molecule has 8 nitrogen and oxygen atoms in total. The van der Waals surface area contributed by atoms with Crippen LogP contribution in [0.25, 0.3) is 0 Å². The molecule has 0 radical (unpaired) electrons. The van der Waals surface area contributed by atoms with Gasteiger partial charge in [0.1, 0.15) is 0 Å². The predicted molar refractivity (Wildman–Crippen MR) is 105 cm³/mol. The maximum absolute atomic E-state index is 12.4. The number of carbonyl (C=O) groups is 3. The number of hydrogen-bond donors (Lipinski definition) is 3. The molecule has 0 atom stereocenters. The van der Waals surface area contributed by atoms with Crippen LogP contribution in [0.1, 0.15) is 34.6 Å². The number of nitrogens with one attached hydrogen (secondary N) is 3. The third-order valence-corrected chi connectivity index (χ3v) is 5.15. The molecular formula is C19H21N3O5S. The first kappa shape index (κ1) is 21.1. The second-order valence-corrected chi connectivity index (χ2v) is 7.68. The molecule has 0 aliphatic carbocycles. The number of Topliss-reactive ketones (excluding diaryl/α,β-unsaturated/α-hetero) is 1. The first-order valence-corrected chi connectivity index (χ1v) is 9.94. The summed E-state index contributed by atoms with van der Waals surface area (Å²) in [5, 5.41) is 5.21. The highest BCUT2D eigenvalue weighted by Gasteiger charge is 2.15. The van der Waals surface area contributed by atoms with E-state index in [1.54, 1.807) is 0 Å². The van der Waals surface area contributed by atoms with E-state index in [0.717, 1.165) is 0 Å². The minimum Gasteiger partial charge on any atom is -0.355 e. The molecule has 2 rings (SSSR count). The number of sulfonamides is 1. The van der Waals surface area contributed by atoms with E-state index in [1.165, 1.54) is 62.4 Å². The van der Waals surface area contributed by atoms with Crippen LogP contribution in [-0.2, 0) is 14.8 Å². The van der Waals surface area contributed by atoms with Gasteiger partial charge >= 0.3 is 0 Å². The molecule has 0 aliphatic rings. The van der Waals surface area contributed by atoms with Crippen LogP contribution < -0.4 is 15.4 Å². The van der Waals surface area contributed by atoms with Crippen LogP contribution in [0.4, 0.5) is 5.69 Å². The standard InChI is InChI=1S/C19H21N3O5S/c1-13(23)15-5-9-18(10-6-15)28(26,27)22-17-7-3-16(4-8-17)19(25)21-12-11-20-14(2)24/h3-10,22H,11-12H2,1-2H3,(H,20,24)(H,21,25). The molecule has 0 heterocycles. The van der Waals surface area contributed by atoms with Gasteiger partial charge in [-0.3, -0.25) is 19.1 Å². The van der Waals surface area contributed by atoms with Crippen LogP contribution in [0, 0.1) is 0 Å². The maximum atomic E-state index is 12.4. The van der Waals surface area contributed by atoms with E-state index in [1.807, 2.05) is 0 Å². The van der Waals surface area contributed by atoms with Crippen molar-refractivity contribution < 1.29 is 22.8 Å². The summed E-state index contributed by atoms with van der Waals surface area (Å²) in [4.78, 5) is 34.1. The molecule has 2 amide bonds. The molecule has 28 heavy (non-hydrogen) atoms. The molecular weight excluding hydrogens is 382 g/mol. The Balaban J connectivity index is 1.99. The lowest BCUT2D eigenvalue weighted by Gasteiger charge is -2.10. The van der Waals surface area contributed by atoms with Crippen LogP contribution in [0.15, 0.2) is 53.4 Å². The molecule has 3 N–H and O–H groups in total. The first-order valence-electron chi connectivity index (χ1n) is 8.45. The summed E-state index contributed by atoms with van der Waals surface area (Å²) in [6.07, 6.45) is 0. The molecule has 2 aromatic rings. The van der Waals surface area contributed by atoms with Crippen molar-refractivity contribution in [3.05, 3.63) is 59.7 Å². The van der Waals surface area contributed by atoms with E-state index in [2.05, 4.69) is 15.4 Å². The summed E-state index contributed by atoms with van der Waals surface area (Å²) >= 11 is 0. The monoisotopic (exact) mass is 403 g/mol. The van der Waals surface area contributed by atoms with Crippen molar-refractivity contribution >= 4 is 33.3 Å². The second-order valence-electron chi connectivity index (χ2n) is 6.00. The van der Waals surface area contributed by atoms with Crippen LogP contribution in [0.3, 0.4) is 0 Å². The Labute approximate surface area is 163 Å². The zero-order valence-electron chi connectivity index (χ0n) is 15.5. The van der Waals surface area contributed by atoms with Crippen molar-refractivity contribution in [1.82, 2.24) is 10.6 Å². The van der Waals surface area contributed by atoms with Gasteiger partial charge in [0, 0.05) is 36.8 Å². The Kier molecular flexibility index (Phi) is 6.89. The van der Waals surface area contributed by atoms with E-state index >= 15 is 0 Å². The molecule has 0 saturated carbocycles. The SMILES string of the molecule is CC(=O)NCCNC(=O)c1ccc(NS(=O)(=O)c2ccc(C(C)=O)cc2)cc1. The van der Waals surface area contributed by atoms with E-state index in [4.69, 9.17) is 0 Å². The van der Waals surface area contributed by atoms with Crippen LogP contribution >= 0.6 is 0 Å². The van der Waals surface area contributed by atoms with Crippen molar-refractivity contribution in [2.24, 2.45) is 0 Å². The van der Waals surface area contributed by atoms with Gasteiger partial charge in [0.15, 0.2) is 5.78 Å². The zero-order chi connectivity index (χ0) is 20.7. The molecule has 0 saturated heterocycles. The normalized spacial score (nSPS) is 10.8. The lowest BCUT2D eigenvalue weighted by atomic mass is 10.2. The van der Waals surface area contributed by atoms with Gasteiger partial charge in [0.2, 0.25) is 5.91 Å². The minimum atomic E-state index is -3.82. The third-order valence-electron chi connectivity index (χ3n) is 3.75. The highest BCUT2D eigenvalue weighted by atomic mass is 32.2. The average Bonchev–Trinajstić information content (AvgIpc) is 2.65. The van der Waals surface area contributed by atoms with Crippen molar-refractivity contribution in [2.45, 2.75) is 18.7 Å². The highest BCUT2D eigenvalue weighted by Crippen LogP contribution is 2.17. The lowest BCUT2D eigenvalue weighted by molar-refractivity contribution is -0.118. The lowest BCUT2D eigenvalue weighted by Crippen LogP contribution is -2.33. The van der Waals surface area contributed by atoms with Crippen molar-refractivity contribution in [2.75, 3.05) is 17.8 Å². The Bertz CT molecular complexity index is 968. The second kappa shape index (κ2) is 9.14. The van der Waals surface area contributed by atoms with Gasteiger partial charge < -0.3 is 10.6 Å². The van der Waals surface area contributed by atoms with Gasteiger partial charge in [-0.15, -0.1) is 0 Å². The van der Waals surface area contributed by atoms with E-state index in [0.29, 0.717) is 23.4 Å². The Hall–Kier alpha value is -3.20. The van der Waals surface area contributed by atoms with Crippen molar-refractivity contribution in [3.8, 4) is 0 Å². The molecule has 9 heteroatoms. The van der Waals surface area contributed by atoms with Crippen molar-refractivity contribution in [1.29, 1.82) is 0 Å². The van der Waals surface area contributed by atoms with Crippen LogP contribution in [-0.4, -0.2) is 39.1 Å². The Morgan fingerprint density at radius 2 is 1.32 bits per heavy atom. The Morgan fingerprint density at radius 1 is 0.786 bits per heavy atom. The number of hydrogen-bond acceptors (Lipinski definition) is 5. The molecule has 0 aromatic heterocycles. The smallest absolute Gasteiger partial charge is 0.261 e. The summed E-state index contributed by atoms with van der Waals surface area (Å²) < 4.78 is 27.3. The molecule has 0 unspecified atom stereocenters. The van der Waals surface area contributed by atoms with Gasteiger partial charge in [-0.05, 0) is 43.3 Å². The molecule has 0 fully saturated rings. The summed E-state index contributed by atoms with van der Waals surface area (Å²) in [6, 6.07) is 11.5. The van der Waals surface area contributed by atoms with E-state index in [9.17, 15) is 22.8 Å². The van der Waals surface area contributed by atoms with Gasteiger partial charge in [-0.25, -0.2) is 8.42 Å². The summed E-state index contributed by atoms with van der Waals surface area (Å²) in [5.74, 6) is -0.663. The molecule has 148 valence electrons. The van der Waals surface area contributed by atoms with Gasteiger partial charge in [0.25, 0.3) is 15.9 Å². The zero-order valence-corrected chi connectivity index (χ0v) is 16.3. The fourth-order valence-corrected chi connectivity index (χ4v) is 3.35. The number of amides is 2. The number of anilines is 1. The number of benzene rings is 2.